The Labute approximate surface area is 142 Å². The first-order chi connectivity index (χ1) is 11.8. The van der Waals surface area contributed by atoms with E-state index in [0.29, 0.717) is 13.2 Å². The predicted octanol–water partition coefficient (Wildman–Crippen LogP) is 3.98. The van der Waals surface area contributed by atoms with E-state index in [1.165, 1.54) is 19.3 Å². The van der Waals surface area contributed by atoms with Crippen molar-refractivity contribution in [1.29, 1.82) is 0 Å². The second-order valence-electron chi connectivity index (χ2n) is 6.96. The van der Waals surface area contributed by atoms with Gasteiger partial charge in [0.2, 0.25) is 0 Å². The molecule has 1 aromatic heterocycles. The Bertz CT molecular complexity index is 712. The fourth-order valence-electron chi connectivity index (χ4n) is 4.36. The molecular formula is C20H23NO3. The van der Waals surface area contributed by atoms with E-state index in [4.69, 9.17) is 9.47 Å². The third-order valence-corrected chi connectivity index (χ3v) is 5.52. The van der Waals surface area contributed by atoms with Gasteiger partial charge in [-0.3, -0.25) is 9.78 Å². The molecule has 0 spiro atoms. The summed E-state index contributed by atoms with van der Waals surface area (Å²) in [6.45, 7) is 0.681. The fraction of sp³-hybridized carbons (Fsp3) is 0.500. The van der Waals surface area contributed by atoms with Crippen molar-refractivity contribution in [1.82, 2.24) is 4.98 Å². The molecule has 2 aliphatic rings. The van der Waals surface area contributed by atoms with E-state index in [2.05, 4.69) is 4.98 Å². The monoisotopic (exact) mass is 325 g/mol. The second kappa shape index (κ2) is 6.80. The van der Waals surface area contributed by atoms with Crippen molar-refractivity contribution in [2.45, 2.75) is 32.1 Å². The Morgan fingerprint density at radius 3 is 2.71 bits per heavy atom. The fourth-order valence-corrected chi connectivity index (χ4v) is 4.36. The van der Waals surface area contributed by atoms with Crippen LogP contribution in [0.5, 0.6) is 5.75 Å². The van der Waals surface area contributed by atoms with Gasteiger partial charge in [-0.25, -0.2) is 0 Å². The molecule has 1 heterocycles. The van der Waals surface area contributed by atoms with Gasteiger partial charge >= 0.3 is 5.97 Å². The lowest BCUT2D eigenvalue weighted by molar-refractivity contribution is -0.149. The van der Waals surface area contributed by atoms with Crippen LogP contribution in [0.3, 0.4) is 0 Å². The molecule has 2 atom stereocenters. The number of rotatable bonds is 5. The number of carbonyl (C=O) groups excluding carboxylic acids is 1. The zero-order valence-corrected chi connectivity index (χ0v) is 13.8. The van der Waals surface area contributed by atoms with Crippen LogP contribution in [0, 0.1) is 17.8 Å². The molecule has 0 radical (unpaired) electrons. The molecule has 24 heavy (non-hydrogen) atoms. The molecule has 0 bridgehead atoms. The summed E-state index contributed by atoms with van der Waals surface area (Å²) in [5.41, 5.74) is 0.907. The van der Waals surface area contributed by atoms with Gasteiger partial charge in [-0.15, -0.1) is 0 Å². The Morgan fingerprint density at radius 1 is 1.08 bits per heavy atom. The van der Waals surface area contributed by atoms with E-state index < -0.39 is 0 Å². The lowest BCUT2D eigenvalue weighted by Crippen LogP contribution is -2.19. The Hall–Kier alpha value is -2.10. The predicted molar refractivity (Wildman–Crippen MR) is 91.8 cm³/mol. The number of hydrogen-bond acceptors (Lipinski definition) is 4. The highest BCUT2D eigenvalue weighted by Crippen LogP contribution is 2.47. The smallest absolute Gasteiger partial charge is 0.309 e. The van der Waals surface area contributed by atoms with Crippen molar-refractivity contribution < 1.29 is 14.3 Å². The van der Waals surface area contributed by atoms with Crippen LogP contribution < -0.4 is 4.74 Å². The summed E-state index contributed by atoms with van der Waals surface area (Å²) >= 11 is 0. The summed E-state index contributed by atoms with van der Waals surface area (Å²) in [5.74, 6) is 2.39. The molecular weight excluding hydrogens is 302 g/mol. The van der Waals surface area contributed by atoms with Gasteiger partial charge in [0.05, 0.1) is 11.4 Å². The van der Waals surface area contributed by atoms with Crippen molar-refractivity contribution in [2.24, 2.45) is 17.8 Å². The number of pyridine rings is 1. The molecule has 2 fully saturated rings. The Balaban J connectivity index is 1.26. The standard InChI is InChI=1S/C20H23NO3/c22-20(16-12-14-4-3-5-15(14)13-16)24-11-10-23-19-8-9-21-18-7-2-1-6-17(18)19/h1-2,6-9,14-16H,3-5,10-13H2. The number of aromatic nitrogens is 1. The normalized spacial score (nSPS) is 25.6. The number of fused-ring (bicyclic) bond motifs is 2. The summed E-state index contributed by atoms with van der Waals surface area (Å²) in [5, 5.41) is 0.981. The maximum absolute atomic E-state index is 12.2. The molecule has 1 aromatic carbocycles. The topological polar surface area (TPSA) is 48.4 Å². The molecule has 2 saturated carbocycles. The molecule has 2 aromatic rings. The number of benzene rings is 1. The first kappa shape index (κ1) is 15.4. The van der Waals surface area contributed by atoms with Crippen LogP contribution in [0.2, 0.25) is 0 Å². The third-order valence-electron chi connectivity index (χ3n) is 5.52. The SMILES string of the molecule is O=C(OCCOc1ccnc2ccccc12)C1CC2CCCC2C1. The molecule has 2 unspecified atom stereocenters. The second-order valence-corrected chi connectivity index (χ2v) is 6.96. The van der Waals surface area contributed by atoms with Gasteiger partial charge in [0.1, 0.15) is 19.0 Å². The minimum absolute atomic E-state index is 0.0346. The van der Waals surface area contributed by atoms with Gasteiger partial charge in [-0.05, 0) is 42.9 Å². The number of hydrogen-bond donors (Lipinski definition) is 0. The highest BCUT2D eigenvalue weighted by atomic mass is 16.6. The largest absolute Gasteiger partial charge is 0.489 e. The highest BCUT2D eigenvalue weighted by Gasteiger charge is 2.40. The molecule has 0 amide bonds. The number of para-hydroxylation sites is 1. The van der Waals surface area contributed by atoms with Gasteiger partial charge in [-0.1, -0.05) is 31.4 Å². The van der Waals surface area contributed by atoms with Crippen molar-refractivity contribution in [3.05, 3.63) is 36.5 Å². The molecule has 126 valence electrons. The van der Waals surface area contributed by atoms with Gasteiger partial charge < -0.3 is 9.47 Å². The number of esters is 1. The summed E-state index contributed by atoms with van der Waals surface area (Å²) in [4.78, 5) is 16.5. The van der Waals surface area contributed by atoms with E-state index in [1.807, 2.05) is 30.3 Å². The number of ether oxygens (including phenoxy) is 2. The van der Waals surface area contributed by atoms with Gasteiger partial charge in [0.25, 0.3) is 0 Å². The van der Waals surface area contributed by atoms with Gasteiger partial charge in [0.15, 0.2) is 0 Å². The number of carbonyl (C=O) groups is 1. The summed E-state index contributed by atoms with van der Waals surface area (Å²) in [6, 6.07) is 9.72. The van der Waals surface area contributed by atoms with Gasteiger partial charge in [-0.2, -0.15) is 0 Å². The van der Waals surface area contributed by atoms with E-state index in [0.717, 1.165) is 41.3 Å². The zero-order chi connectivity index (χ0) is 16.4. The first-order valence-electron chi connectivity index (χ1n) is 8.94. The van der Waals surface area contributed by atoms with E-state index >= 15 is 0 Å². The molecule has 0 N–H and O–H groups in total. The van der Waals surface area contributed by atoms with Crippen LogP contribution in [0.15, 0.2) is 36.5 Å². The minimum atomic E-state index is -0.0346. The van der Waals surface area contributed by atoms with Crippen molar-refractivity contribution in [2.75, 3.05) is 13.2 Å². The van der Waals surface area contributed by atoms with E-state index in [-0.39, 0.29) is 11.9 Å². The van der Waals surface area contributed by atoms with Crippen molar-refractivity contribution in [3.8, 4) is 5.75 Å². The first-order valence-corrected chi connectivity index (χ1v) is 8.94. The molecule has 0 saturated heterocycles. The Morgan fingerprint density at radius 2 is 1.88 bits per heavy atom. The van der Waals surface area contributed by atoms with Crippen LogP contribution in [-0.2, 0) is 9.53 Å². The molecule has 4 rings (SSSR count). The molecule has 4 nitrogen and oxygen atoms in total. The zero-order valence-electron chi connectivity index (χ0n) is 13.8. The lowest BCUT2D eigenvalue weighted by Gasteiger charge is -2.12. The highest BCUT2D eigenvalue weighted by molar-refractivity contribution is 5.84. The lowest BCUT2D eigenvalue weighted by atomic mass is 10.0. The Kier molecular flexibility index (Phi) is 4.37. The van der Waals surface area contributed by atoms with E-state index in [9.17, 15) is 4.79 Å². The average molecular weight is 325 g/mol. The average Bonchev–Trinajstić information content (AvgIpc) is 3.20. The molecule has 2 aliphatic carbocycles. The maximum Gasteiger partial charge on any atom is 0.309 e. The van der Waals surface area contributed by atoms with Crippen LogP contribution in [0.25, 0.3) is 10.9 Å². The van der Waals surface area contributed by atoms with Crippen LogP contribution in [0.1, 0.15) is 32.1 Å². The third kappa shape index (κ3) is 3.10. The summed E-state index contributed by atoms with van der Waals surface area (Å²) < 4.78 is 11.2. The van der Waals surface area contributed by atoms with Crippen LogP contribution >= 0.6 is 0 Å². The minimum Gasteiger partial charge on any atom is -0.489 e. The van der Waals surface area contributed by atoms with Crippen molar-refractivity contribution in [3.63, 3.8) is 0 Å². The molecule has 0 aliphatic heterocycles. The van der Waals surface area contributed by atoms with Gasteiger partial charge in [0, 0.05) is 11.6 Å². The quantitative estimate of drug-likeness (QED) is 0.616. The molecule has 4 heteroatoms. The summed E-state index contributed by atoms with van der Waals surface area (Å²) in [7, 11) is 0. The number of nitrogens with zero attached hydrogens (tertiary/aromatic N) is 1. The summed E-state index contributed by atoms with van der Waals surface area (Å²) in [6.07, 6.45) is 7.73. The van der Waals surface area contributed by atoms with Crippen LogP contribution in [0.4, 0.5) is 0 Å². The maximum atomic E-state index is 12.2. The van der Waals surface area contributed by atoms with E-state index in [1.54, 1.807) is 6.20 Å². The van der Waals surface area contributed by atoms with Crippen LogP contribution in [-0.4, -0.2) is 24.2 Å². The van der Waals surface area contributed by atoms with Crippen molar-refractivity contribution >= 4 is 16.9 Å².